The van der Waals surface area contributed by atoms with Crippen molar-refractivity contribution in [2.45, 2.75) is 0 Å². The standard InChI is InChI=1S/C10H12ClN3O2/c11-9-8(2-1-3-12-9)13-10(15)14-4-6-16-7-5-14/h1-3H,4-7H2,(H,13,15). The number of nitrogens with one attached hydrogen (secondary N) is 1. The summed E-state index contributed by atoms with van der Waals surface area (Å²) in [6.45, 7) is 2.36. The molecule has 2 heterocycles. The number of aromatic nitrogens is 1. The van der Waals surface area contributed by atoms with Gasteiger partial charge in [-0.1, -0.05) is 11.6 Å². The molecule has 6 heteroatoms. The van der Waals surface area contributed by atoms with Gasteiger partial charge < -0.3 is 15.0 Å². The molecule has 0 atom stereocenters. The lowest BCUT2D eigenvalue weighted by atomic mass is 10.4. The predicted molar refractivity (Wildman–Crippen MR) is 60.7 cm³/mol. The Morgan fingerprint density at radius 1 is 1.50 bits per heavy atom. The number of nitrogens with zero attached hydrogens (tertiary/aromatic N) is 2. The van der Waals surface area contributed by atoms with Gasteiger partial charge in [-0.25, -0.2) is 9.78 Å². The summed E-state index contributed by atoms with van der Waals surface area (Å²) in [5.41, 5.74) is 0.528. The second-order valence-corrected chi connectivity index (χ2v) is 3.73. The van der Waals surface area contributed by atoms with Crippen LogP contribution in [0.2, 0.25) is 5.15 Å². The van der Waals surface area contributed by atoms with E-state index in [1.165, 1.54) is 0 Å². The first-order chi connectivity index (χ1) is 7.77. The Morgan fingerprint density at radius 3 is 2.94 bits per heavy atom. The third-order valence-corrected chi connectivity index (χ3v) is 2.60. The minimum Gasteiger partial charge on any atom is -0.378 e. The molecule has 2 rings (SSSR count). The van der Waals surface area contributed by atoms with Crippen LogP contribution in [0.4, 0.5) is 10.5 Å². The van der Waals surface area contributed by atoms with Crippen LogP contribution in [-0.4, -0.2) is 42.2 Å². The van der Waals surface area contributed by atoms with Gasteiger partial charge in [0.1, 0.15) is 0 Å². The van der Waals surface area contributed by atoms with E-state index in [4.69, 9.17) is 16.3 Å². The van der Waals surface area contributed by atoms with Crippen LogP contribution in [0.5, 0.6) is 0 Å². The zero-order chi connectivity index (χ0) is 11.4. The average molecular weight is 242 g/mol. The van der Waals surface area contributed by atoms with Gasteiger partial charge in [-0.2, -0.15) is 0 Å². The zero-order valence-corrected chi connectivity index (χ0v) is 9.41. The van der Waals surface area contributed by atoms with Crippen molar-refractivity contribution in [2.75, 3.05) is 31.6 Å². The van der Waals surface area contributed by atoms with E-state index >= 15 is 0 Å². The number of halogens is 1. The molecule has 0 aliphatic carbocycles. The van der Waals surface area contributed by atoms with Crippen molar-refractivity contribution in [3.63, 3.8) is 0 Å². The molecule has 1 aromatic heterocycles. The maximum absolute atomic E-state index is 11.8. The fourth-order valence-electron chi connectivity index (χ4n) is 1.44. The molecule has 1 aromatic rings. The summed E-state index contributed by atoms with van der Waals surface area (Å²) in [5, 5.41) is 3.01. The summed E-state index contributed by atoms with van der Waals surface area (Å²) in [4.78, 5) is 17.4. The molecule has 0 spiro atoms. The van der Waals surface area contributed by atoms with Gasteiger partial charge in [-0.05, 0) is 12.1 Å². The lowest BCUT2D eigenvalue weighted by molar-refractivity contribution is 0.0564. The Labute approximate surface area is 98.4 Å². The summed E-state index contributed by atoms with van der Waals surface area (Å²) < 4.78 is 5.16. The van der Waals surface area contributed by atoms with Crippen LogP contribution in [0, 0.1) is 0 Å². The fraction of sp³-hybridized carbons (Fsp3) is 0.400. The van der Waals surface area contributed by atoms with Gasteiger partial charge in [-0.3, -0.25) is 0 Å². The molecule has 16 heavy (non-hydrogen) atoms. The van der Waals surface area contributed by atoms with Crippen molar-refractivity contribution in [2.24, 2.45) is 0 Å². The van der Waals surface area contributed by atoms with Crippen molar-refractivity contribution in [3.05, 3.63) is 23.5 Å². The Balaban J connectivity index is 1.99. The molecule has 1 saturated heterocycles. The monoisotopic (exact) mass is 241 g/mol. The first-order valence-corrected chi connectivity index (χ1v) is 5.39. The molecule has 1 aliphatic heterocycles. The SMILES string of the molecule is O=C(Nc1cccnc1Cl)N1CCOCC1. The van der Waals surface area contributed by atoms with Crippen LogP contribution < -0.4 is 5.32 Å². The lowest BCUT2D eigenvalue weighted by Crippen LogP contribution is -2.43. The number of carbonyl (C=O) groups is 1. The van der Waals surface area contributed by atoms with Gasteiger partial charge in [0.25, 0.3) is 0 Å². The summed E-state index contributed by atoms with van der Waals surface area (Å²) >= 11 is 5.84. The van der Waals surface area contributed by atoms with E-state index in [-0.39, 0.29) is 6.03 Å². The fourth-order valence-corrected chi connectivity index (χ4v) is 1.61. The normalized spacial score (nSPS) is 15.9. The number of amides is 2. The second-order valence-electron chi connectivity index (χ2n) is 3.37. The molecule has 1 aliphatic rings. The molecule has 0 bridgehead atoms. The van der Waals surface area contributed by atoms with Crippen LogP contribution in [0.3, 0.4) is 0 Å². The highest BCUT2D eigenvalue weighted by Gasteiger charge is 2.17. The molecule has 86 valence electrons. The number of ether oxygens (including phenoxy) is 1. The minimum atomic E-state index is -0.168. The topological polar surface area (TPSA) is 54.5 Å². The molecule has 0 unspecified atom stereocenters. The lowest BCUT2D eigenvalue weighted by Gasteiger charge is -2.26. The molecule has 0 radical (unpaired) electrons. The van der Waals surface area contributed by atoms with Crippen molar-refractivity contribution < 1.29 is 9.53 Å². The van der Waals surface area contributed by atoms with Crippen LogP contribution in [0.1, 0.15) is 0 Å². The number of anilines is 1. The largest absolute Gasteiger partial charge is 0.378 e. The maximum Gasteiger partial charge on any atom is 0.322 e. The number of morpholine rings is 1. The van der Waals surface area contributed by atoms with Crippen molar-refractivity contribution in [1.29, 1.82) is 0 Å². The zero-order valence-electron chi connectivity index (χ0n) is 8.65. The first-order valence-electron chi connectivity index (χ1n) is 5.01. The molecular formula is C10H12ClN3O2. The second kappa shape index (κ2) is 5.14. The van der Waals surface area contributed by atoms with Gasteiger partial charge in [0.15, 0.2) is 5.15 Å². The van der Waals surface area contributed by atoms with Crippen molar-refractivity contribution in [3.8, 4) is 0 Å². The van der Waals surface area contributed by atoms with Gasteiger partial charge in [-0.15, -0.1) is 0 Å². The van der Waals surface area contributed by atoms with Gasteiger partial charge in [0.05, 0.1) is 18.9 Å². The molecule has 5 nitrogen and oxygen atoms in total. The molecule has 1 fully saturated rings. The number of rotatable bonds is 1. The first kappa shape index (κ1) is 11.2. The maximum atomic E-state index is 11.8. The van der Waals surface area contributed by atoms with E-state index in [1.807, 2.05) is 0 Å². The van der Waals surface area contributed by atoms with Crippen LogP contribution in [0.15, 0.2) is 18.3 Å². The van der Waals surface area contributed by atoms with Crippen molar-refractivity contribution in [1.82, 2.24) is 9.88 Å². The summed E-state index contributed by atoms with van der Waals surface area (Å²) in [6.07, 6.45) is 1.58. The van der Waals surface area contributed by atoms with Crippen molar-refractivity contribution >= 4 is 23.3 Å². The predicted octanol–water partition coefficient (Wildman–Crippen LogP) is 1.60. The Kier molecular flexibility index (Phi) is 3.58. The van der Waals surface area contributed by atoms with E-state index in [9.17, 15) is 4.79 Å². The third-order valence-electron chi connectivity index (χ3n) is 2.30. The van der Waals surface area contributed by atoms with E-state index in [0.29, 0.717) is 37.1 Å². The van der Waals surface area contributed by atoms with Gasteiger partial charge in [0, 0.05) is 19.3 Å². The van der Waals surface area contributed by atoms with E-state index in [0.717, 1.165) is 0 Å². The van der Waals surface area contributed by atoms with E-state index < -0.39 is 0 Å². The summed E-state index contributed by atoms with van der Waals surface area (Å²) in [5.74, 6) is 0. The van der Waals surface area contributed by atoms with Gasteiger partial charge in [0.2, 0.25) is 0 Å². The molecule has 0 saturated carbocycles. The van der Waals surface area contributed by atoms with E-state index in [2.05, 4.69) is 10.3 Å². The minimum absolute atomic E-state index is 0.168. The quantitative estimate of drug-likeness (QED) is 0.760. The van der Waals surface area contributed by atoms with Crippen LogP contribution >= 0.6 is 11.6 Å². The highest BCUT2D eigenvalue weighted by molar-refractivity contribution is 6.32. The van der Waals surface area contributed by atoms with Crippen LogP contribution in [-0.2, 0) is 4.74 Å². The number of hydrogen-bond donors (Lipinski definition) is 1. The average Bonchev–Trinajstić information content (AvgIpc) is 2.33. The number of urea groups is 1. The molecular weight excluding hydrogens is 230 g/mol. The van der Waals surface area contributed by atoms with Gasteiger partial charge >= 0.3 is 6.03 Å². The molecule has 1 N–H and O–H groups in total. The number of carbonyl (C=O) groups excluding carboxylic acids is 1. The smallest absolute Gasteiger partial charge is 0.322 e. The molecule has 0 aromatic carbocycles. The third kappa shape index (κ3) is 2.62. The summed E-state index contributed by atoms with van der Waals surface area (Å²) in [7, 11) is 0. The number of hydrogen-bond acceptors (Lipinski definition) is 3. The van der Waals surface area contributed by atoms with Crippen LogP contribution in [0.25, 0.3) is 0 Å². The highest BCUT2D eigenvalue weighted by Crippen LogP contribution is 2.17. The Bertz CT molecular complexity index is 380. The van der Waals surface area contributed by atoms with E-state index in [1.54, 1.807) is 23.2 Å². The molecule has 2 amide bonds. The Morgan fingerprint density at radius 2 is 2.25 bits per heavy atom. The number of pyridine rings is 1. The highest BCUT2D eigenvalue weighted by atomic mass is 35.5. The summed E-state index contributed by atoms with van der Waals surface area (Å²) in [6, 6.07) is 3.27. The Hall–Kier alpha value is -1.33.